The Bertz CT molecular complexity index is 627. The summed E-state index contributed by atoms with van der Waals surface area (Å²) in [6, 6.07) is 14.7. The van der Waals surface area contributed by atoms with Crippen LogP contribution in [0.5, 0.6) is 0 Å². The molecule has 3 heteroatoms. The van der Waals surface area contributed by atoms with Crippen molar-refractivity contribution in [1.29, 1.82) is 0 Å². The van der Waals surface area contributed by atoms with Crippen molar-refractivity contribution in [2.75, 3.05) is 10.6 Å². The van der Waals surface area contributed by atoms with E-state index in [0.29, 0.717) is 11.0 Å². The van der Waals surface area contributed by atoms with Gasteiger partial charge in [0.1, 0.15) is 0 Å². The zero-order valence-corrected chi connectivity index (χ0v) is 13.8. The van der Waals surface area contributed by atoms with E-state index in [2.05, 4.69) is 74.7 Å². The number of thiocarbonyl (C=S) groups is 1. The average molecular weight is 298 g/mol. The van der Waals surface area contributed by atoms with Crippen LogP contribution in [0.1, 0.15) is 36.5 Å². The van der Waals surface area contributed by atoms with E-state index in [1.807, 2.05) is 6.07 Å². The lowest BCUT2D eigenvalue weighted by Gasteiger charge is -2.13. The zero-order chi connectivity index (χ0) is 15.4. The maximum absolute atomic E-state index is 5.39. The van der Waals surface area contributed by atoms with Crippen molar-refractivity contribution in [2.24, 2.45) is 0 Å². The van der Waals surface area contributed by atoms with Crippen LogP contribution < -0.4 is 10.6 Å². The first-order valence-electron chi connectivity index (χ1n) is 7.20. The van der Waals surface area contributed by atoms with Gasteiger partial charge in [-0.05, 0) is 72.9 Å². The van der Waals surface area contributed by atoms with E-state index in [1.165, 1.54) is 16.7 Å². The highest BCUT2D eigenvalue weighted by atomic mass is 32.1. The monoisotopic (exact) mass is 298 g/mol. The third kappa shape index (κ3) is 4.57. The Balaban J connectivity index is 2.06. The summed E-state index contributed by atoms with van der Waals surface area (Å²) in [6.07, 6.45) is 0. The molecule has 0 heterocycles. The van der Waals surface area contributed by atoms with Crippen LogP contribution in [0.4, 0.5) is 11.4 Å². The van der Waals surface area contributed by atoms with Gasteiger partial charge in [0.15, 0.2) is 5.11 Å². The summed E-state index contributed by atoms with van der Waals surface area (Å²) in [7, 11) is 0. The molecule has 0 fully saturated rings. The minimum Gasteiger partial charge on any atom is -0.332 e. The largest absolute Gasteiger partial charge is 0.332 e. The molecule has 0 saturated carbocycles. The van der Waals surface area contributed by atoms with Crippen molar-refractivity contribution < 1.29 is 0 Å². The van der Waals surface area contributed by atoms with E-state index >= 15 is 0 Å². The third-order valence-corrected chi connectivity index (χ3v) is 3.49. The number of nitrogens with one attached hydrogen (secondary N) is 2. The molecule has 0 radical (unpaired) electrons. The van der Waals surface area contributed by atoms with Crippen LogP contribution in [-0.4, -0.2) is 5.11 Å². The second kappa shape index (κ2) is 6.72. The highest BCUT2D eigenvalue weighted by Gasteiger charge is 2.03. The lowest BCUT2D eigenvalue weighted by Crippen LogP contribution is -2.19. The fraction of sp³-hybridized carbons (Fsp3) is 0.278. The molecule has 110 valence electrons. The normalized spacial score (nSPS) is 10.5. The molecule has 2 N–H and O–H groups in total. The molecule has 0 atom stereocenters. The smallest absolute Gasteiger partial charge is 0.175 e. The van der Waals surface area contributed by atoms with Crippen molar-refractivity contribution in [3.8, 4) is 0 Å². The Kier molecular flexibility index (Phi) is 4.97. The van der Waals surface area contributed by atoms with Crippen molar-refractivity contribution in [3.05, 3.63) is 59.2 Å². The summed E-state index contributed by atoms with van der Waals surface area (Å²) in [5.74, 6) is 0.507. The third-order valence-electron chi connectivity index (χ3n) is 3.29. The van der Waals surface area contributed by atoms with Gasteiger partial charge in [-0.15, -0.1) is 0 Å². The van der Waals surface area contributed by atoms with E-state index in [9.17, 15) is 0 Å². The zero-order valence-electron chi connectivity index (χ0n) is 13.0. The lowest BCUT2D eigenvalue weighted by atomic mass is 10.0. The van der Waals surface area contributed by atoms with Crippen LogP contribution >= 0.6 is 12.2 Å². The van der Waals surface area contributed by atoms with E-state index < -0.39 is 0 Å². The van der Waals surface area contributed by atoms with Gasteiger partial charge in [0.2, 0.25) is 0 Å². The summed E-state index contributed by atoms with van der Waals surface area (Å²) >= 11 is 5.39. The van der Waals surface area contributed by atoms with Crippen LogP contribution in [-0.2, 0) is 0 Å². The standard InChI is InChI=1S/C18H22N2S/c1-12(2)15-6-5-7-16(11-15)19-18(21)20-17-9-13(3)8-14(4)10-17/h5-12H,1-4H3,(H2,19,20,21). The Morgan fingerprint density at radius 3 is 2.14 bits per heavy atom. The van der Waals surface area contributed by atoms with Crippen LogP contribution in [0.2, 0.25) is 0 Å². The summed E-state index contributed by atoms with van der Waals surface area (Å²) in [4.78, 5) is 0. The van der Waals surface area contributed by atoms with E-state index in [1.54, 1.807) is 0 Å². The number of hydrogen-bond donors (Lipinski definition) is 2. The SMILES string of the molecule is Cc1cc(C)cc(NC(=S)Nc2cccc(C(C)C)c2)c1. The highest BCUT2D eigenvalue weighted by molar-refractivity contribution is 7.80. The second-order valence-corrected chi connectivity index (χ2v) is 6.14. The fourth-order valence-electron chi connectivity index (χ4n) is 2.32. The van der Waals surface area contributed by atoms with Crippen molar-refractivity contribution >= 4 is 28.7 Å². The Labute approximate surface area is 132 Å². The molecule has 21 heavy (non-hydrogen) atoms. The quantitative estimate of drug-likeness (QED) is 0.758. The highest BCUT2D eigenvalue weighted by Crippen LogP contribution is 2.19. The van der Waals surface area contributed by atoms with Crippen molar-refractivity contribution in [2.45, 2.75) is 33.6 Å². The minimum atomic E-state index is 0.507. The van der Waals surface area contributed by atoms with Gasteiger partial charge in [0, 0.05) is 11.4 Å². The molecule has 0 aromatic heterocycles. The van der Waals surface area contributed by atoms with Gasteiger partial charge in [-0.3, -0.25) is 0 Å². The molecule has 2 rings (SSSR count). The van der Waals surface area contributed by atoms with Crippen LogP contribution in [0.15, 0.2) is 42.5 Å². The van der Waals surface area contributed by atoms with Crippen LogP contribution in [0.3, 0.4) is 0 Å². The average Bonchev–Trinajstić information content (AvgIpc) is 2.37. The molecule has 2 nitrogen and oxygen atoms in total. The van der Waals surface area contributed by atoms with Gasteiger partial charge in [-0.25, -0.2) is 0 Å². The minimum absolute atomic E-state index is 0.507. The first-order chi connectivity index (χ1) is 9.94. The first kappa shape index (κ1) is 15.5. The maximum atomic E-state index is 5.39. The lowest BCUT2D eigenvalue weighted by molar-refractivity contribution is 0.867. The Morgan fingerprint density at radius 1 is 0.905 bits per heavy atom. The van der Waals surface area contributed by atoms with Crippen molar-refractivity contribution in [3.63, 3.8) is 0 Å². The predicted octanol–water partition coefficient (Wildman–Crippen LogP) is 5.24. The fourth-order valence-corrected chi connectivity index (χ4v) is 2.55. The summed E-state index contributed by atoms with van der Waals surface area (Å²) in [5.41, 5.74) is 5.78. The van der Waals surface area contributed by atoms with Gasteiger partial charge in [0.05, 0.1) is 0 Å². The topological polar surface area (TPSA) is 24.1 Å². The number of aryl methyl sites for hydroxylation is 2. The summed E-state index contributed by atoms with van der Waals surface area (Å²) in [6.45, 7) is 8.54. The molecular formula is C18H22N2S. The van der Waals surface area contributed by atoms with Crippen LogP contribution in [0, 0.1) is 13.8 Å². The molecule has 0 spiro atoms. The Morgan fingerprint density at radius 2 is 1.52 bits per heavy atom. The van der Waals surface area contributed by atoms with Gasteiger partial charge >= 0.3 is 0 Å². The molecule has 2 aromatic carbocycles. The molecule has 2 aromatic rings. The molecule has 0 amide bonds. The molecule has 0 aliphatic carbocycles. The maximum Gasteiger partial charge on any atom is 0.175 e. The predicted molar refractivity (Wildman–Crippen MR) is 96.3 cm³/mol. The number of hydrogen-bond acceptors (Lipinski definition) is 1. The molecule has 0 saturated heterocycles. The van der Waals surface area contributed by atoms with E-state index in [4.69, 9.17) is 12.2 Å². The Hall–Kier alpha value is -1.87. The van der Waals surface area contributed by atoms with Crippen molar-refractivity contribution in [1.82, 2.24) is 0 Å². The van der Waals surface area contributed by atoms with Gasteiger partial charge in [0.25, 0.3) is 0 Å². The second-order valence-electron chi connectivity index (χ2n) is 5.74. The van der Waals surface area contributed by atoms with E-state index in [-0.39, 0.29) is 0 Å². The van der Waals surface area contributed by atoms with Crippen LogP contribution in [0.25, 0.3) is 0 Å². The molecular weight excluding hydrogens is 276 g/mol. The van der Waals surface area contributed by atoms with Gasteiger partial charge < -0.3 is 10.6 Å². The molecule has 0 bridgehead atoms. The van der Waals surface area contributed by atoms with Gasteiger partial charge in [-0.1, -0.05) is 32.0 Å². The molecule has 0 unspecified atom stereocenters. The summed E-state index contributed by atoms with van der Waals surface area (Å²) in [5, 5.41) is 7.10. The first-order valence-corrected chi connectivity index (χ1v) is 7.61. The molecule has 0 aliphatic heterocycles. The van der Waals surface area contributed by atoms with Gasteiger partial charge in [-0.2, -0.15) is 0 Å². The number of anilines is 2. The molecule has 0 aliphatic rings. The number of rotatable bonds is 3. The van der Waals surface area contributed by atoms with E-state index in [0.717, 1.165) is 11.4 Å². The summed E-state index contributed by atoms with van der Waals surface area (Å²) < 4.78 is 0. The number of benzene rings is 2.